The number of carbonyl (C=O) groups is 1. The fourth-order valence-electron chi connectivity index (χ4n) is 0.0821. The maximum atomic E-state index is 9.58. The van der Waals surface area contributed by atoms with Gasteiger partial charge >= 0.3 is 0 Å². The Labute approximate surface area is 41.9 Å². The summed E-state index contributed by atoms with van der Waals surface area (Å²) in [6.45, 7) is 0. The van der Waals surface area contributed by atoms with Crippen LogP contribution in [-0.4, -0.2) is 20.0 Å². The van der Waals surface area contributed by atoms with Crippen molar-refractivity contribution in [1.29, 1.82) is 0 Å². The van der Waals surface area contributed by atoms with E-state index in [1.165, 1.54) is 0 Å². The summed E-state index contributed by atoms with van der Waals surface area (Å²) in [6, 6.07) is 0. The van der Waals surface area contributed by atoms with Gasteiger partial charge in [0.25, 0.3) is 0 Å². The minimum absolute atomic E-state index is 0.748. The third-order valence-corrected chi connectivity index (χ3v) is 0.496. The van der Waals surface area contributed by atoms with Crippen molar-refractivity contribution in [1.82, 2.24) is 0 Å². The third kappa shape index (κ3) is 3.88. The summed E-state index contributed by atoms with van der Waals surface area (Å²) in [7, 11) is 4.52. The Balaban J connectivity index is 2.83. The summed E-state index contributed by atoms with van der Waals surface area (Å²) in [4.78, 5) is 9.58. The summed E-state index contributed by atoms with van der Waals surface area (Å²) >= 11 is 0.935. The van der Waals surface area contributed by atoms with Gasteiger partial charge in [-0.1, -0.05) is 0 Å². The fourth-order valence-corrected chi connectivity index (χ4v) is 0.246. The SMILES string of the molecule is [B]C(=O)OSC. The van der Waals surface area contributed by atoms with Gasteiger partial charge in [0.1, 0.15) is 0 Å². The van der Waals surface area contributed by atoms with Crippen LogP contribution in [0.3, 0.4) is 0 Å². The van der Waals surface area contributed by atoms with Gasteiger partial charge in [0.2, 0.25) is 13.7 Å². The van der Waals surface area contributed by atoms with E-state index < -0.39 is 5.87 Å². The average Bonchev–Trinajstić information content (AvgIpc) is 1.35. The van der Waals surface area contributed by atoms with Crippen LogP contribution in [0.1, 0.15) is 0 Å². The van der Waals surface area contributed by atoms with Crippen LogP contribution in [0.15, 0.2) is 0 Å². The fraction of sp³-hybridized carbons (Fsp3) is 0.500. The van der Waals surface area contributed by atoms with Crippen LogP contribution in [0.5, 0.6) is 0 Å². The molecule has 32 valence electrons. The summed E-state index contributed by atoms with van der Waals surface area (Å²) in [5.74, 6) is -0.748. The van der Waals surface area contributed by atoms with E-state index in [4.69, 9.17) is 0 Å². The summed E-state index contributed by atoms with van der Waals surface area (Å²) in [6.07, 6.45) is 1.62. The van der Waals surface area contributed by atoms with Gasteiger partial charge in [-0.2, -0.15) is 0 Å². The molecule has 0 aromatic heterocycles. The highest BCUT2D eigenvalue weighted by molar-refractivity contribution is 7.94. The molecule has 0 amide bonds. The lowest BCUT2D eigenvalue weighted by Gasteiger charge is -1.87. The van der Waals surface area contributed by atoms with E-state index in [2.05, 4.69) is 12.0 Å². The van der Waals surface area contributed by atoms with Crippen molar-refractivity contribution in [3.8, 4) is 0 Å². The molecule has 0 aliphatic rings. The summed E-state index contributed by atoms with van der Waals surface area (Å²) < 4.78 is 4.10. The molecule has 6 heavy (non-hydrogen) atoms. The molecule has 0 saturated carbocycles. The highest BCUT2D eigenvalue weighted by atomic mass is 32.2. The molecule has 0 rings (SSSR count). The topological polar surface area (TPSA) is 26.3 Å². The molecule has 0 aliphatic heterocycles. The Kier molecular flexibility index (Phi) is 3.03. The van der Waals surface area contributed by atoms with Crippen molar-refractivity contribution in [2.75, 3.05) is 6.26 Å². The lowest BCUT2D eigenvalue weighted by Crippen LogP contribution is -1.90. The molecule has 0 heterocycles. The van der Waals surface area contributed by atoms with Gasteiger partial charge in [0.15, 0.2) is 0 Å². The molecule has 0 bridgehead atoms. The quantitative estimate of drug-likeness (QED) is 0.357. The molecular weight excluding hydrogens is 98.9 g/mol. The van der Waals surface area contributed by atoms with E-state index in [0.29, 0.717) is 0 Å². The Bertz CT molecular complexity index is 55.5. The summed E-state index contributed by atoms with van der Waals surface area (Å²) in [5, 5.41) is 0. The first-order valence-corrected chi connectivity index (χ1v) is 2.42. The van der Waals surface area contributed by atoms with E-state index >= 15 is 0 Å². The molecule has 0 saturated heterocycles. The van der Waals surface area contributed by atoms with Gasteiger partial charge in [0.05, 0.1) is 12.0 Å². The molecule has 2 nitrogen and oxygen atoms in total. The van der Waals surface area contributed by atoms with E-state index in [1.54, 1.807) is 6.26 Å². The van der Waals surface area contributed by atoms with Crippen LogP contribution in [0.4, 0.5) is 4.79 Å². The first-order valence-electron chi connectivity index (χ1n) is 1.27. The lowest BCUT2D eigenvalue weighted by molar-refractivity contribution is 0.233. The molecule has 2 radical (unpaired) electrons. The van der Waals surface area contributed by atoms with E-state index in [-0.39, 0.29) is 0 Å². The zero-order valence-electron chi connectivity index (χ0n) is 3.30. The van der Waals surface area contributed by atoms with Gasteiger partial charge in [-0.05, 0) is 0 Å². The largest absolute Gasteiger partial charge is 0.402 e. The van der Waals surface area contributed by atoms with Crippen LogP contribution in [0, 0.1) is 0 Å². The number of carbonyl (C=O) groups excluding carboxylic acids is 1. The monoisotopic (exact) mass is 102 g/mol. The Hall–Kier alpha value is -0.115. The zero-order chi connectivity index (χ0) is 4.99. The van der Waals surface area contributed by atoms with Crippen LogP contribution in [-0.2, 0) is 4.18 Å². The van der Waals surface area contributed by atoms with Crippen LogP contribution in [0.25, 0.3) is 0 Å². The van der Waals surface area contributed by atoms with Crippen LogP contribution < -0.4 is 0 Å². The highest BCUT2D eigenvalue weighted by Gasteiger charge is 1.83. The first-order chi connectivity index (χ1) is 2.77. The maximum Gasteiger partial charge on any atom is 0.248 e. The van der Waals surface area contributed by atoms with Crippen LogP contribution in [0.2, 0.25) is 0 Å². The van der Waals surface area contributed by atoms with Crippen molar-refractivity contribution in [2.45, 2.75) is 0 Å². The van der Waals surface area contributed by atoms with E-state index in [0.717, 1.165) is 12.0 Å². The second-order valence-electron chi connectivity index (χ2n) is 0.569. The number of hydrogen-bond acceptors (Lipinski definition) is 3. The van der Waals surface area contributed by atoms with Crippen LogP contribution >= 0.6 is 12.0 Å². The predicted octanol–water partition coefficient (Wildman–Crippen LogP) is 0.570. The molecule has 0 spiro atoms. The third-order valence-electron chi connectivity index (χ3n) is 0.165. The number of rotatable bonds is 1. The van der Waals surface area contributed by atoms with Crippen molar-refractivity contribution in [2.24, 2.45) is 0 Å². The van der Waals surface area contributed by atoms with Crippen molar-refractivity contribution >= 4 is 25.8 Å². The summed E-state index contributed by atoms with van der Waals surface area (Å²) in [5.41, 5.74) is 0. The van der Waals surface area contributed by atoms with E-state index in [9.17, 15) is 4.79 Å². The van der Waals surface area contributed by atoms with Crippen molar-refractivity contribution in [3.05, 3.63) is 0 Å². The average molecular weight is 102 g/mol. The van der Waals surface area contributed by atoms with Crippen molar-refractivity contribution in [3.63, 3.8) is 0 Å². The molecule has 0 atom stereocenters. The number of hydrogen-bond donors (Lipinski definition) is 0. The van der Waals surface area contributed by atoms with Gasteiger partial charge in [-0.25, -0.2) is 0 Å². The Morgan fingerprint density at radius 2 is 2.50 bits per heavy atom. The molecular formula is C2H3BO2S. The van der Waals surface area contributed by atoms with Gasteiger partial charge in [-0.15, -0.1) is 0 Å². The maximum absolute atomic E-state index is 9.58. The predicted molar refractivity (Wildman–Crippen MR) is 25.7 cm³/mol. The molecule has 0 aliphatic carbocycles. The van der Waals surface area contributed by atoms with Crippen molar-refractivity contribution < 1.29 is 8.98 Å². The standard InChI is InChI=1S/C2H3BO2S/c1-6-5-2(3)4/h1H3. The Morgan fingerprint density at radius 3 is 2.50 bits per heavy atom. The molecule has 4 heteroatoms. The minimum atomic E-state index is -0.748. The second kappa shape index (κ2) is 3.09. The lowest BCUT2D eigenvalue weighted by atomic mass is 10.2. The zero-order valence-corrected chi connectivity index (χ0v) is 4.12. The molecule has 0 aromatic rings. The van der Waals surface area contributed by atoms with Gasteiger partial charge in [0, 0.05) is 6.26 Å². The van der Waals surface area contributed by atoms with Gasteiger partial charge in [-0.3, -0.25) is 4.79 Å². The highest BCUT2D eigenvalue weighted by Crippen LogP contribution is 1.91. The molecule has 0 unspecified atom stereocenters. The Morgan fingerprint density at radius 1 is 2.00 bits per heavy atom. The van der Waals surface area contributed by atoms with Gasteiger partial charge < -0.3 is 4.18 Å². The smallest absolute Gasteiger partial charge is 0.248 e. The normalized spacial score (nSPS) is 7.50. The first kappa shape index (κ1) is 5.88. The van der Waals surface area contributed by atoms with E-state index in [1.807, 2.05) is 0 Å². The molecule has 0 N–H and O–H groups in total. The minimum Gasteiger partial charge on any atom is -0.402 e. The molecule has 0 aromatic carbocycles. The molecule has 0 fully saturated rings. The second-order valence-corrected chi connectivity index (χ2v) is 1.07.